The van der Waals surface area contributed by atoms with Crippen LogP contribution in [0.2, 0.25) is 0 Å². The Hall–Kier alpha value is -1.04. The highest BCUT2D eigenvalue weighted by atomic mass is 32.1. The predicted octanol–water partition coefficient (Wildman–Crippen LogP) is 2.52. The molecule has 0 aliphatic heterocycles. The summed E-state index contributed by atoms with van der Waals surface area (Å²) in [5.41, 5.74) is 6.04. The topological polar surface area (TPSA) is 56.0 Å². The van der Waals surface area contributed by atoms with Crippen LogP contribution in [-0.2, 0) is 12.8 Å². The van der Waals surface area contributed by atoms with Gasteiger partial charge in [0.25, 0.3) is 0 Å². The van der Waals surface area contributed by atoms with E-state index in [0.29, 0.717) is 18.7 Å². The molecule has 2 rings (SSSR count). The van der Waals surface area contributed by atoms with Gasteiger partial charge in [-0.3, -0.25) is 4.79 Å². The van der Waals surface area contributed by atoms with E-state index in [2.05, 4.69) is 11.1 Å². The number of nitrogens with two attached hydrogens (primary N) is 1. The van der Waals surface area contributed by atoms with Crippen molar-refractivity contribution in [2.75, 3.05) is 6.54 Å². The normalized spacial score (nSPS) is 10.6. The molecule has 2 N–H and O–H groups in total. The van der Waals surface area contributed by atoms with Gasteiger partial charge in [-0.25, -0.2) is 4.98 Å². The maximum Gasteiger partial charge on any atom is 0.182 e. The first-order valence-corrected chi connectivity index (χ1v) is 7.25. The Kier molecular flexibility index (Phi) is 4.42. The molecule has 0 unspecified atom stereocenters. The highest BCUT2D eigenvalue weighted by Crippen LogP contribution is 2.15. The number of nitrogens with zero attached hydrogens (tertiary/aromatic N) is 1. The molecule has 0 aromatic carbocycles. The van der Waals surface area contributed by atoms with Gasteiger partial charge in [0.05, 0.1) is 5.01 Å². The summed E-state index contributed by atoms with van der Waals surface area (Å²) in [5.74, 6) is 0.123. The molecule has 3 nitrogen and oxygen atoms in total. The fraction of sp³-hybridized carbons (Fsp3) is 0.333. The second kappa shape index (κ2) is 6.05. The average Bonchev–Trinajstić information content (AvgIpc) is 2.97. The SMILES string of the molecule is NCCc1nc(C(=O)CCc2cccs2)cs1. The van der Waals surface area contributed by atoms with Crippen LogP contribution in [0.25, 0.3) is 0 Å². The highest BCUT2D eigenvalue weighted by Gasteiger charge is 2.10. The summed E-state index contributed by atoms with van der Waals surface area (Å²) >= 11 is 3.20. The smallest absolute Gasteiger partial charge is 0.182 e. The van der Waals surface area contributed by atoms with Gasteiger partial charge >= 0.3 is 0 Å². The summed E-state index contributed by atoms with van der Waals surface area (Å²) in [6, 6.07) is 4.06. The van der Waals surface area contributed by atoms with Crippen LogP contribution >= 0.6 is 22.7 Å². The molecule has 0 bridgehead atoms. The van der Waals surface area contributed by atoms with Gasteiger partial charge in [0.1, 0.15) is 5.69 Å². The van der Waals surface area contributed by atoms with Crippen molar-refractivity contribution in [3.05, 3.63) is 38.5 Å². The zero-order valence-electron chi connectivity index (χ0n) is 9.39. The maximum absolute atomic E-state index is 11.9. The summed E-state index contributed by atoms with van der Waals surface area (Å²) in [4.78, 5) is 17.4. The van der Waals surface area contributed by atoms with Gasteiger partial charge in [-0.05, 0) is 24.4 Å². The zero-order valence-corrected chi connectivity index (χ0v) is 11.0. The number of carbonyl (C=O) groups is 1. The summed E-state index contributed by atoms with van der Waals surface area (Å²) in [6.07, 6.45) is 2.09. The van der Waals surface area contributed by atoms with Crippen molar-refractivity contribution in [3.8, 4) is 0 Å². The lowest BCUT2D eigenvalue weighted by Gasteiger charge is -1.95. The molecule has 0 radical (unpaired) electrons. The maximum atomic E-state index is 11.9. The van der Waals surface area contributed by atoms with E-state index in [0.717, 1.165) is 17.8 Å². The molecule has 2 heterocycles. The van der Waals surface area contributed by atoms with Gasteiger partial charge in [-0.1, -0.05) is 6.07 Å². The minimum absolute atomic E-state index is 0.123. The Morgan fingerprint density at radius 1 is 1.35 bits per heavy atom. The van der Waals surface area contributed by atoms with Crippen molar-refractivity contribution < 1.29 is 4.79 Å². The first-order valence-electron chi connectivity index (χ1n) is 5.49. The minimum Gasteiger partial charge on any atom is -0.330 e. The van der Waals surface area contributed by atoms with Crippen LogP contribution in [0.4, 0.5) is 0 Å². The number of rotatable bonds is 6. The van der Waals surface area contributed by atoms with E-state index in [9.17, 15) is 4.79 Å². The van der Waals surface area contributed by atoms with Crippen LogP contribution < -0.4 is 5.73 Å². The molecular weight excluding hydrogens is 252 g/mol. The number of hydrogen-bond acceptors (Lipinski definition) is 5. The van der Waals surface area contributed by atoms with Crippen LogP contribution in [0.5, 0.6) is 0 Å². The standard InChI is InChI=1S/C12H14N2OS2/c13-6-5-12-14-10(8-17-12)11(15)4-3-9-2-1-7-16-9/h1-2,7-8H,3-6,13H2. The second-order valence-corrected chi connectivity index (χ2v) is 5.64. The largest absolute Gasteiger partial charge is 0.330 e. The number of hydrogen-bond donors (Lipinski definition) is 1. The van der Waals surface area contributed by atoms with Gasteiger partial charge in [-0.2, -0.15) is 0 Å². The van der Waals surface area contributed by atoms with E-state index < -0.39 is 0 Å². The molecule has 17 heavy (non-hydrogen) atoms. The molecule has 0 fully saturated rings. The fourth-order valence-corrected chi connectivity index (χ4v) is 3.02. The average molecular weight is 266 g/mol. The van der Waals surface area contributed by atoms with E-state index in [-0.39, 0.29) is 5.78 Å². The molecule has 0 amide bonds. The number of Topliss-reactive ketones (excluding diaryl/α,β-unsaturated/α-hetero) is 1. The van der Waals surface area contributed by atoms with Crippen molar-refractivity contribution >= 4 is 28.5 Å². The first kappa shape index (κ1) is 12.4. The lowest BCUT2D eigenvalue weighted by Crippen LogP contribution is -2.04. The Labute approximate surface area is 108 Å². The van der Waals surface area contributed by atoms with Crippen molar-refractivity contribution in [2.45, 2.75) is 19.3 Å². The summed E-state index contributed by atoms with van der Waals surface area (Å²) < 4.78 is 0. The highest BCUT2D eigenvalue weighted by molar-refractivity contribution is 7.10. The van der Waals surface area contributed by atoms with E-state index >= 15 is 0 Å². The van der Waals surface area contributed by atoms with E-state index in [1.807, 2.05) is 16.8 Å². The number of thiophene rings is 1. The quantitative estimate of drug-likeness (QED) is 0.817. The van der Waals surface area contributed by atoms with Gasteiger partial charge in [0.2, 0.25) is 0 Å². The molecule has 0 atom stereocenters. The monoisotopic (exact) mass is 266 g/mol. The number of aromatic nitrogens is 1. The molecule has 2 aromatic heterocycles. The number of aryl methyl sites for hydroxylation is 1. The van der Waals surface area contributed by atoms with Crippen molar-refractivity contribution in [2.24, 2.45) is 5.73 Å². The summed E-state index contributed by atoms with van der Waals surface area (Å²) in [5, 5.41) is 4.82. The van der Waals surface area contributed by atoms with Crippen molar-refractivity contribution in [1.29, 1.82) is 0 Å². The third-order valence-electron chi connectivity index (χ3n) is 2.37. The minimum atomic E-state index is 0.123. The third kappa shape index (κ3) is 3.46. The van der Waals surface area contributed by atoms with Crippen LogP contribution in [0, 0.1) is 0 Å². The lowest BCUT2D eigenvalue weighted by atomic mass is 10.1. The Balaban J connectivity index is 1.90. The number of thiazole rings is 1. The fourth-order valence-electron chi connectivity index (χ4n) is 1.50. The van der Waals surface area contributed by atoms with Gasteiger partial charge in [0.15, 0.2) is 5.78 Å². The molecule has 0 spiro atoms. The van der Waals surface area contributed by atoms with E-state index in [1.165, 1.54) is 16.2 Å². The predicted molar refractivity (Wildman–Crippen MR) is 71.8 cm³/mol. The van der Waals surface area contributed by atoms with Crippen LogP contribution in [0.3, 0.4) is 0 Å². The van der Waals surface area contributed by atoms with Crippen molar-refractivity contribution in [3.63, 3.8) is 0 Å². The number of carbonyl (C=O) groups excluding carboxylic acids is 1. The molecular formula is C12H14N2OS2. The van der Waals surface area contributed by atoms with Gasteiger partial charge in [0, 0.05) is 23.1 Å². The Bertz CT molecular complexity index is 476. The second-order valence-electron chi connectivity index (χ2n) is 3.67. The molecule has 5 heteroatoms. The van der Waals surface area contributed by atoms with Gasteiger partial charge in [-0.15, -0.1) is 22.7 Å². The Morgan fingerprint density at radius 3 is 2.94 bits per heavy atom. The Morgan fingerprint density at radius 2 is 2.24 bits per heavy atom. The molecule has 0 saturated carbocycles. The first-order chi connectivity index (χ1) is 8.29. The van der Waals surface area contributed by atoms with E-state index in [1.54, 1.807) is 11.3 Å². The van der Waals surface area contributed by atoms with Crippen LogP contribution in [-0.4, -0.2) is 17.3 Å². The van der Waals surface area contributed by atoms with Crippen LogP contribution in [0.15, 0.2) is 22.9 Å². The zero-order chi connectivity index (χ0) is 12.1. The lowest BCUT2D eigenvalue weighted by molar-refractivity contribution is 0.0979. The molecule has 0 saturated heterocycles. The number of ketones is 1. The molecule has 0 aliphatic carbocycles. The summed E-state index contributed by atoms with van der Waals surface area (Å²) in [7, 11) is 0. The molecule has 90 valence electrons. The van der Waals surface area contributed by atoms with E-state index in [4.69, 9.17) is 5.73 Å². The molecule has 0 aliphatic rings. The van der Waals surface area contributed by atoms with Crippen molar-refractivity contribution in [1.82, 2.24) is 4.98 Å². The van der Waals surface area contributed by atoms with Gasteiger partial charge < -0.3 is 5.73 Å². The summed E-state index contributed by atoms with van der Waals surface area (Å²) in [6.45, 7) is 0.580. The molecule has 2 aromatic rings. The third-order valence-corrected chi connectivity index (χ3v) is 4.22. The van der Waals surface area contributed by atoms with Crippen LogP contribution in [0.1, 0.15) is 26.8 Å².